The number of aliphatic carboxylic acids is 1. The van der Waals surface area contributed by atoms with Crippen molar-refractivity contribution in [3.8, 4) is 0 Å². The van der Waals surface area contributed by atoms with Crippen LogP contribution in [-0.4, -0.2) is 66.2 Å². The van der Waals surface area contributed by atoms with Gasteiger partial charge in [-0.1, -0.05) is 0 Å². The maximum absolute atomic E-state index is 12.5. The van der Waals surface area contributed by atoms with Crippen LogP contribution in [0.5, 0.6) is 0 Å². The molecule has 0 spiro atoms. The van der Waals surface area contributed by atoms with Crippen LogP contribution in [0.25, 0.3) is 0 Å². The van der Waals surface area contributed by atoms with E-state index in [1.54, 1.807) is 0 Å². The molecule has 4 N–H and O–H groups in total. The average Bonchev–Trinajstić information content (AvgIpc) is 2.69. The Labute approximate surface area is 160 Å². The predicted octanol–water partition coefficient (Wildman–Crippen LogP) is 0.920. The fourth-order valence-corrected chi connectivity index (χ4v) is 4.38. The van der Waals surface area contributed by atoms with E-state index in [0.29, 0.717) is 38.8 Å². The van der Waals surface area contributed by atoms with E-state index >= 15 is 0 Å². The molecule has 2 aliphatic heterocycles. The Balaban J connectivity index is 1.36. The number of piperidine rings is 2. The van der Waals surface area contributed by atoms with Crippen molar-refractivity contribution in [2.24, 2.45) is 11.8 Å². The normalized spacial score (nSPS) is 27.8. The van der Waals surface area contributed by atoms with Gasteiger partial charge in [-0.05, 0) is 64.5 Å². The molecule has 0 unspecified atom stereocenters. The van der Waals surface area contributed by atoms with Crippen LogP contribution < -0.4 is 16.0 Å². The molecule has 0 aromatic carbocycles. The highest BCUT2D eigenvalue weighted by atomic mass is 16.4. The summed E-state index contributed by atoms with van der Waals surface area (Å²) in [5, 5.41) is 18.6. The number of carbonyl (C=O) groups excluding carboxylic acids is 2. The minimum absolute atomic E-state index is 0.00671. The number of amides is 3. The Hall–Kier alpha value is -1.83. The van der Waals surface area contributed by atoms with Crippen molar-refractivity contribution in [3.63, 3.8) is 0 Å². The molecular formula is C19H32N4O4. The van der Waals surface area contributed by atoms with E-state index < -0.39 is 5.97 Å². The van der Waals surface area contributed by atoms with Gasteiger partial charge in [0.2, 0.25) is 5.91 Å². The second-order valence-electron chi connectivity index (χ2n) is 8.13. The number of hydrogen-bond acceptors (Lipinski definition) is 4. The first-order chi connectivity index (χ1) is 13.0. The Bertz CT molecular complexity index is 534. The van der Waals surface area contributed by atoms with Gasteiger partial charge in [-0.2, -0.15) is 0 Å². The van der Waals surface area contributed by atoms with Gasteiger partial charge in [-0.25, -0.2) is 4.79 Å². The number of urea groups is 1. The fourth-order valence-electron chi connectivity index (χ4n) is 4.38. The number of nitrogens with one attached hydrogen (secondary N) is 3. The molecular weight excluding hydrogens is 348 g/mol. The van der Waals surface area contributed by atoms with Crippen molar-refractivity contribution in [2.45, 2.75) is 63.5 Å². The highest BCUT2D eigenvalue weighted by Crippen LogP contribution is 2.25. The van der Waals surface area contributed by atoms with E-state index in [2.05, 4.69) is 16.0 Å². The van der Waals surface area contributed by atoms with E-state index in [-0.39, 0.29) is 35.9 Å². The highest BCUT2D eigenvalue weighted by Gasteiger charge is 2.31. The van der Waals surface area contributed by atoms with Crippen molar-refractivity contribution in [2.75, 3.05) is 26.2 Å². The number of carboxylic acid groups (broad SMARTS) is 1. The molecule has 8 nitrogen and oxygen atoms in total. The second-order valence-corrected chi connectivity index (χ2v) is 8.13. The Morgan fingerprint density at radius 3 is 1.96 bits per heavy atom. The zero-order valence-corrected chi connectivity index (χ0v) is 15.9. The molecule has 0 radical (unpaired) electrons. The molecule has 0 bridgehead atoms. The van der Waals surface area contributed by atoms with Gasteiger partial charge in [0.05, 0.1) is 5.92 Å². The zero-order chi connectivity index (χ0) is 19.2. The van der Waals surface area contributed by atoms with Crippen LogP contribution in [0.4, 0.5) is 4.79 Å². The summed E-state index contributed by atoms with van der Waals surface area (Å²) >= 11 is 0. The summed E-state index contributed by atoms with van der Waals surface area (Å²) in [6, 6.07) is 0.336. The first-order valence-corrected chi connectivity index (χ1v) is 10.3. The molecule has 27 heavy (non-hydrogen) atoms. The second kappa shape index (κ2) is 9.39. The molecule has 1 aliphatic carbocycles. The molecule has 2 saturated heterocycles. The van der Waals surface area contributed by atoms with Gasteiger partial charge in [0.1, 0.15) is 0 Å². The summed E-state index contributed by atoms with van der Waals surface area (Å²) in [7, 11) is 0. The summed E-state index contributed by atoms with van der Waals surface area (Å²) in [5.74, 6) is -0.980. The van der Waals surface area contributed by atoms with Crippen LogP contribution in [0.15, 0.2) is 0 Å². The summed E-state index contributed by atoms with van der Waals surface area (Å²) in [6.07, 6.45) is 6.06. The van der Waals surface area contributed by atoms with Gasteiger partial charge in [0.25, 0.3) is 0 Å². The van der Waals surface area contributed by atoms with Crippen LogP contribution in [0.3, 0.4) is 0 Å². The van der Waals surface area contributed by atoms with Crippen LogP contribution in [0, 0.1) is 11.8 Å². The number of carbonyl (C=O) groups is 3. The maximum atomic E-state index is 12.5. The monoisotopic (exact) mass is 380 g/mol. The Morgan fingerprint density at radius 2 is 1.37 bits per heavy atom. The molecule has 0 atom stereocenters. The van der Waals surface area contributed by atoms with Crippen LogP contribution >= 0.6 is 0 Å². The molecule has 152 valence electrons. The van der Waals surface area contributed by atoms with Gasteiger partial charge in [-0.15, -0.1) is 0 Å². The predicted molar refractivity (Wildman–Crippen MR) is 100 cm³/mol. The lowest BCUT2D eigenvalue weighted by Crippen LogP contribution is -2.51. The largest absolute Gasteiger partial charge is 0.481 e. The molecule has 0 aromatic rings. The van der Waals surface area contributed by atoms with E-state index in [0.717, 1.165) is 38.8 Å². The van der Waals surface area contributed by atoms with Crippen molar-refractivity contribution >= 4 is 17.9 Å². The van der Waals surface area contributed by atoms with Crippen molar-refractivity contribution in [1.82, 2.24) is 20.9 Å². The molecule has 0 aromatic heterocycles. The minimum Gasteiger partial charge on any atom is -0.481 e. The van der Waals surface area contributed by atoms with Crippen LogP contribution in [-0.2, 0) is 9.59 Å². The SMILES string of the molecule is O=C(O)C1CCC(NC(=O)C2CCN(C(=O)NC3CCNCC3)CC2)CC1. The molecule has 3 rings (SSSR count). The molecule has 2 heterocycles. The standard InChI is InChI=1S/C19H32N4O4/c24-17(21-15-3-1-14(2-4-15)18(25)26)13-7-11-23(12-8-13)19(27)22-16-5-9-20-10-6-16/h13-16,20H,1-12H2,(H,21,24)(H,22,27)(H,25,26). The van der Waals surface area contributed by atoms with Crippen LogP contribution in [0.2, 0.25) is 0 Å². The van der Waals surface area contributed by atoms with Gasteiger partial charge in [-0.3, -0.25) is 9.59 Å². The number of rotatable bonds is 4. The maximum Gasteiger partial charge on any atom is 0.317 e. The number of carboxylic acids is 1. The minimum atomic E-state index is -0.727. The van der Waals surface area contributed by atoms with E-state index in [4.69, 9.17) is 5.11 Å². The number of nitrogens with zero attached hydrogens (tertiary/aromatic N) is 1. The summed E-state index contributed by atoms with van der Waals surface area (Å²) in [6.45, 7) is 3.12. The number of hydrogen-bond donors (Lipinski definition) is 4. The number of likely N-dealkylation sites (tertiary alicyclic amines) is 1. The lowest BCUT2D eigenvalue weighted by Gasteiger charge is -2.34. The zero-order valence-electron chi connectivity index (χ0n) is 15.9. The van der Waals surface area contributed by atoms with Crippen molar-refractivity contribution in [3.05, 3.63) is 0 Å². The van der Waals surface area contributed by atoms with Crippen molar-refractivity contribution < 1.29 is 19.5 Å². The summed E-state index contributed by atoms with van der Waals surface area (Å²) < 4.78 is 0. The fraction of sp³-hybridized carbons (Fsp3) is 0.842. The highest BCUT2D eigenvalue weighted by molar-refractivity contribution is 5.80. The van der Waals surface area contributed by atoms with Crippen molar-refractivity contribution in [1.29, 1.82) is 0 Å². The molecule has 8 heteroatoms. The van der Waals surface area contributed by atoms with E-state index in [9.17, 15) is 14.4 Å². The first-order valence-electron chi connectivity index (χ1n) is 10.3. The molecule has 3 fully saturated rings. The third kappa shape index (κ3) is 5.57. The van der Waals surface area contributed by atoms with Gasteiger partial charge < -0.3 is 26.0 Å². The average molecular weight is 380 g/mol. The Morgan fingerprint density at radius 1 is 0.778 bits per heavy atom. The third-order valence-corrected chi connectivity index (χ3v) is 6.24. The Kier molecular flexibility index (Phi) is 6.93. The molecule has 3 aliphatic rings. The van der Waals surface area contributed by atoms with E-state index in [1.165, 1.54) is 0 Å². The summed E-state index contributed by atoms with van der Waals surface area (Å²) in [4.78, 5) is 37.8. The van der Waals surface area contributed by atoms with Gasteiger partial charge in [0.15, 0.2) is 0 Å². The molecule has 1 saturated carbocycles. The van der Waals surface area contributed by atoms with Gasteiger partial charge in [0, 0.05) is 31.1 Å². The third-order valence-electron chi connectivity index (χ3n) is 6.24. The first kappa shape index (κ1) is 19.9. The lowest BCUT2D eigenvalue weighted by molar-refractivity contribution is -0.142. The molecule has 3 amide bonds. The quantitative estimate of drug-likeness (QED) is 0.580. The topological polar surface area (TPSA) is 111 Å². The lowest BCUT2D eigenvalue weighted by atomic mass is 9.85. The van der Waals surface area contributed by atoms with Crippen LogP contribution in [0.1, 0.15) is 51.4 Å². The summed E-state index contributed by atoms with van der Waals surface area (Å²) in [5.41, 5.74) is 0. The van der Waals surface area contributed by atoms with E-state index in [1.807, 2.05) is 4.90 Å². The smallest absolute Gasteiger partial charge is 0.317 e. The van der Waals surface area contributed by atoms with Gasteiger partial charge >= 0.3 is 12.0 Å².